The molecule has 0 saturated carbocycles. The van der Waals surface area contributed by atoms with Gasteiger partial charge in [0.15, 0.2) is 10.9 Å². The van der Waals surface area contributed by atoms with Crippen molar-refractivity contribution < 1.29 is 17.4 Å². The lowest BCUT2D eigenvalue weighted by Gasteiger charge is -2.11. The van der Waals surface area contributed by atoms with E-state index in [1.54, 1.807) is 44.2 Å². The Morgan fingerprint density at radius 3 is 2.57 bits per heavy atom. The minimum Gasteiger partial charge on any atom is -0.378 e. The molecule has 1 heterocycles. The zero-order valence-electron chi connectivity index (χ0n) is 14.9. The van der Waals surface area contributed by atoms with Gasteiger partial charge in [-0.2, -0.15) is 13.5 Å². The Bertz CT molecular complexity index is 1070. The number of nitrogens with zero attached hydrogens (tertiary/aromatic N) is 2. The van der Waals surface area contributed by atoms with Crippen molar-refractivity contribution >= 4 is 61.8 Å². The molecule has 1 amide bonds. The van der Waals surface area contributed by atoms with Crippen LogP contribution in [-0.4, -0.2) is 31.0 Å². The number of hydrogen-bond acceptors (Lipinski definition) is 7. The lowest BCUT2D eigenvalue weighted by atomic mass is 10.1. The smallest absolute Gasteiger partial charge is 0.339 e. The highest BCUT2D eigenvalue weighted by Gasteiger charge is 2.25. The number of thioether (sulfide) groups is 1. The lowest BCUT2D eigenvalue weighted by Crippen LogP contribution is -2.23. The Kier molecular flexibility index (Phi) is 6.40. The molecule has 1 fully saturated rings. The molecule has 0 spiro atoms. The molecule has 0 aliphatic carbocycles. The summed E-state index contributed by atoms with van der Waals surface area (Å²) in [6.07, 6.45) is 1.40. The highest BCUT2D eigenvalue weighted by Crippen LogP contribution is 2.26. The number of para-hydroxylation sites is 1. The topological polar surface area (TPSA) is 97.2 Å². The van der Waals surface area contributed by atoms with Crippen molar-refractivity contribution in [1.29, 1.82) is 0 Å². The zero-order valence-corrected chi connectivity index (χ0v) is 18.7. The van der Waals surface area contributed by atoms with Gasteiger partial charge in [0.05, 0.1) is 11.5 Å². The molecule has 3 rings (SSSR count). The molecular formula is C18H16IN3O4S2. The number of halogens is 1. The SMILES string of the molecule is Cc1cccc(/C=N/N=C2\NC(=O)C(C)S2)c1OS(=O)(=O)c1ccc(I)cc1. The fourth-order valence-corrected chi connectivity index (χ4v) is 4.43. The van der Waals surface area contributed by atoms with Crippen molar-refractivity contribution in [2.45, 2.75) is 24.0 Å². The van der Waals surface area contributed by atoms with Gasteiger partial charge in [-0.15, -0.1) is 5.10 Å². The number of rotatable bonds is 5. The van der Waals surface area contributed by atoms with Crippen LogP contribution < -0.4 is 9.50 Å². The fraction of sp³-hybridized carbons (Fsp3) is 0.167. The maximum absolute atomic E-state index is 12.6. The van der Waals surface area contributed by atoms with Gasteiger partial charge in [-0.3, -0.25) is 4.79 Å². The van der Waals surface area contributed by atoms with Gasteiger partial charge in [-0.05, 0) is 72.3 Å². The minimum absolute atomic E-state index is 0.0679. The van der Waals surface area contributed by atoms with Gasteiger partial charge in [-0.1, -0.05) is 23.9 Å². The first-order valence-electron chi connectivity index (χ1n) is 8.14. The maximum Gasteiger partial charge on any atom is 0.339 e. The van der Waals surface area contributed by atoms with Crippen molar-refractivity contribution in [3.63, 3.8) is 0 Å². The van der Waals surface area contributed by atoms with Crippen LogP contribution in [0.1, 0.15) is 18.1 Å². The summed E-state index contributed by atoms with van der Waals surface area (Å²) < 4.78 is 31.6. The Morgan fingerprint density at radius 2 is 1.93 bits per heavy atom. The van der Waals surface area contributed by atoms with E-state index in [1.807, 2.05) is 0 Å². The van der Waals surface area contributed by atoms with E-state index in [0.717, 1.165) is 3.57 Å². The molecule has 7 nitrogen and oxygen atoms in total. The number of amides is 1. The summed E-state index contributed by atoms with van der Waals surface area (Å²) in [5.41, 5.74) is 1.10. The standard InChI is InChI=1S/C18H16IN3O4S2/c1-11-4-3-5-13(10-20-22-18-21-17(23)12(2)27-18)16(11)26-28(24,25)15-8-6-14(19)7-9-15/h3-10,12H,1-2H3,(H,21,22,23)/b20-10+. The van der Waals surface area contributed by atoms with Crippen LogP contribution in [0.4, 0.5) is 0 Å². The molecule has 10 heteroatoms. The van der Waals surface area contributed by atoms with E-state index in [4.69, 9.17) is 4.18 Å². The second-order valence-corrected chi connectivity index (χ2v) is 10.0. The van der Waals surface area contributed by atoms with Crippen LogP contribution in [0.5, 0.6) is 5.75 Å². The van der Waals surface area contributed by atoms with E-state index in [-0.39, 0.29) is 21.8 Å². The second-order valence-electron chi connectivity index (χ2n) is 5.88. The van der Waals surface area contributed by atoms with Crippen LogP contribution in [0.25, 0.3) is 0 Å². The Balaban J connectivity index is 1.86. The number of nitrogens with one attached hydrogen (secondary N) is 1. The first-order chi connectivity index (χ1) is 13.3. The van der Waals surface area contributed by atoms with E-state index in [9.17, 15) is 13.2 Å². The molecule has 1 N–H and O–H groups in total. The van der Waals surface area contributed by atoms with Crippen LogP contribution in [0.2, 0.25) is 0 Å². The van der Waals surface area contributed by atoms with Gasteiger partial charge >= 0.3 is 10.1 Å². The first-order valence-corrected chi connectivity index (χ1v) is 11.5. The van der Waals surface area contributed by atoms with Gasteiger partial charge in [0.2, 0.25) is 5.91 Å². The van der Waals surface area contributed by atoms with E-state index in [0.29, 0.717) is 16.3 Å². The van der Waals surface area contributed by atoms with Crippen molar-refractivity contribution in [3.8, 4) is 5.75 Å². The molecular weight excluding hydrogens is 513 g/mol. The van der Waals surface area contributed by atoms with E-state index in [2.05, 4.69) is 38.1 Å². The van der Waals surface area contributed by atoms with Crippen molar-refractivity contribution in [2.75, 3.05) is 0 Å². The second kappa shape index (κ2) is 8.62. The van der Waals surface area contributed by atoms with Crippen molar-refractivity contribution in [3.05, 3.63) is 57.2 Å². The van der Waals surface area contributed by atoms with Gasteiger partial charge in [-0.25, -0.2) is 0 Å². The third kappa shape index (κ3) is 4.92. The highest BCUT2D eigenvalue weighted by molar-refractivity contribution is 14.1. The average Bonchev–Trinajstić information content (AvgIpc) is 2.96. The number of benzene rings is 2. The van der Waals surface area contributed by atoms with Gasteiger partial charge < -0.3 is 9.50 Å². The fourth-order valence-electron chi connectivity index (χ4n) is 2.30. The third-order valence-electron chi connectivity index (χ3n) is 3.77. The molecule has 0 bridgehead atoms. The molecule has 146 valence electrons. The summed E-state index contributed by atoms with van der Waals surface area (Å²) >= 11 is 3.37. The van der Waals surface area contributed by atoms with Crippen LogP contribution >= 0.6 is 34.4 Å². The molecule has 1 atom stereocenters. The lowest BCUT2D eigenvalue weighted by molar-refractivity contribution is -0.118. The molecule has 1 aliphatic rings. The predicted molar refractivity (Wildman–Crippen MR) is 118 cm³/mol. The third-order valence-corrected chi connectivity index (χ3v) is 6.70. The molecule has 28 heavy (non-hydrogen) atoms. The Labute approximate surface area is 180 Å². The van der Waals surface area contributed by atoms with Crippen LogP contribution in [-0.2, 0) is 14.9 Å². The zero-order chi connectivity index (χ0) is 20.3. The maximum atomic E-state index is 12.6. The quantitative estimate of drug-likeness (QED) is 0.278. The largest absolute Gasteiger partial charge is 0.378 e. The summed E-state index contributed by atoms with van der Waals surface area (Å²) in [6, 6.07) is 11.6. The van der Waals surface area contributed by atoms with Crippen molar-refractivity contribution in [2.24, 2.45) is 10.2 Å². The number of amidine groups is 1. The summed E-state index contributed by atoms with van der Waals surface area (Å²) in [4.78, 5) is 11.5. The van der Waals surface area contributed by atoms with Crippen LogP contribution in [0.15, 0.2) is 57.6 Å². The van der Waals surface area contributed by atoms with Crippen molar-refractivity contribution in [1.82, 2.24) is 5.32 Å². The summed E-state index contributed by atoms with van der Waals surface area (Å²) in [5, 5.41) is 10.7. The van der Waals surface area contributed by atoms with Gasteiger partial charge in [0.25, 0.3) is 0 Å². The van der Waals surface area contributed by atoms with Crippen LogP contribution in [0, 0.1) is 10.5 Å². The van der Waals surface area contributed by atoms with Gasteiger partial charge in [0.1, 0.15) is 4.90 Å². The normalized spacial score (nSPS) is 18.6. The number of carbonyl (C=O) groups is 1. The summed E-state index contributed by atoms with van der Waals surface area (Å²) in [6.45, 7) is 3.52. The Hall–Kier alpha value is -1.92. The molecule has 1 unspecified atom stereocenters. The molecule has 0 aromatic heterocycles. The van der Waals surface area contributed by atoms with Gasteiger partial charge in [0, 0.05) is 9.13 Å². The summed E-state index contributed by atoms with van der Waals surface area (Å²) in [5.74, 6) is 0.0589. The van der Waals surface area contributed by atoms with E-state index >= 15 is 0 Å². The number of carbonyl (C=O) groups excluding carboxylic acids is 1. The van der Waals surface area contributed by atoms with E-state index in [1.165, 1.54) is 30.1 Å². The monoisotopic (exact) mass is 529 g/mol. The Morgan fingerprint density at radius 1 is 1.21 bits per heavy atom. The first kappa shape index (κ1) is 20.8. The summed E-state index contributed by atoms with van der Waals surface area (Å²) in [7, 11) is -3.99. The molecule has 1 aliphatic heterocycles. The average molecular weight is 529 g/mol. The predicted octanol–water partition coefficient (Wildman–Crippen LogP) is 3.31. The number of aryl methyl sites for hydroxylation is 1. The number of hydrogen-bond donors (Lipinski definition) is 1. The molecule has 0 radical (unpaired) electrons. The molecule has 2 aromatic rings. The molecule has 2 aromatic carbocycles. The van der Waals surface area contributed by atoms with E-state index < -0.39 is 10.1 Å². The van der Waals surface area contributed by atoms with Crippen LogP contribution in [0.3, 0.4) is 0 Å². The highest BCUT2D eigenvalue weighted by atomic mass is 127. The minimum atomic E-state index is -3.99. The molecule has 1 saturated heterocycles.